The van der Waals surface area contributed by atoms with Crippen molar-refractivity contribution >= 4 is 17.3 Å². The molecule has 0 aliphatic rings. The zero-order valence-corrected chi connectivity index (χ0v) is 11.2. The van der Waals surface area contributed by atoms with Gasteiger partial charge in [0.1, 0.15) is 11.7 Å². The normalized spacial score (nSPS) is 12.2. The zero-order valence-electron chi connectivity index (χ0n) is 11.2. The average Bonchev–Trinajstić information content (AvgIpc) is 2.29. The lowest BCUT2D eigenvalue weighted by Crippen LogP contribution is -2.31. The number of aryl methyl sites for hydroxylation is 1. The van der Waals surface area contributed by atoms with E-state index in [-0.39, 0.29) is 17.3 Å². The van der Waals surface area contributed by atoms with Gasteiger partial charge in [-0.05, 0) is 30.9 Å². The van der Waals surface area contributed by atoms with Gasteiger partial charge < -0.3 is 10.4 Å². The third-order valence-electron chi connectivity index (χ3n) is 2.68. The molecule has 0 aliphatic carbocycles. The molecule has 19 heavy (non-hydrogen) atoms. The van der Waals surface area contributed by atoms with Crippen LogP contribution < -0.4 is 5.32 Å². The molecule has 1 aromatic rings. The van der Waals surface area contributed by atoms with Crippen molar-refractivity contribution in [3.8, 4) is 0 Å². The number of aliphatic carboxylic acids is 1. The second-order valence-electron chi connectivity index (χ2n) is 4.94. The van der Waals surface area contributed by atoms with Crippen LogP contribution in [-0.4, -0.2) is 22.0 Å². The molecule has 0 saturated carbocycles. The lowest BCUT2D eigenvalue weighted by molar-refractivity contribution is -0.384. The third kappa shape index (κ3) is 4.24. The van der Waals surface area contributed by atoms with Crippen molar-refractivity contribution in [2.45, 2.75) is 33.2 Å². The van der Waals surface area contributed by atoms with Crippen molar-refractivity contribution in [2.75, 3.05) is 5.32 Å². The Morgan fingerprint density at radius 2 is 2.11 bits per heavy atom. The molecule has 0 saturated heterocycles. The standard InChI is InChI=1S/C13H18N2O4/c1-8(2)6-11(13(16)17)14-10-5-4-9(3)7-12(10)15(18)19/h4-5,7-8,11,14H,6H2,1-3H3,(H,16,17)/t11-/m1/s1. The molecule has 0 bridgehead atoms. The van der Waals surface area contributed by atoms with E-state index in [0.29, 0.717) is 6.42 Å². The summed E-state index contributed by atoms with van der Waals surface area (Å²) >= 11 is 0. The highest BCUT2D eigenvalue weighted by molar-refractivity contribution is 5.79. The molecule has 0 aromatic heterocycles. The van der Waals surface area contributed by atoms with E-state index < -0.39 is 16.9 Å². The summed E-state index contributed by atoms with van der Waals surface area (Å²) in [5.41, 5.74) is 0.895. The van der Waals surface area contributed by atoms with Gasteiger partial charge in [-0.2, -0.15) is 0 Å². The van der Waals surface area contributed by atoms with E-state index in [9.17, 15) is 14.9 Å². The molecule has 1 aromatic carbocycles. The number of carboxylic acids is 1. The molecule has 0 heterocycles. The van der Waals surface area contributed by atoms with Gasteiger partial charge in [-0.1, -0.05) is 19.9 Å². The molecule has 0 amide bonds. The lowest BCUT2D eigenvalue weighted by Gasteiger charge is -2.17. The van der Waals surface area contributed by atoms with Gasteiger partial charge in [-0.15, -0.1) is 0 Å². The Morgan fingerprint density at radius 3 is 2.58 bits per heavy atom. The quantitative estimate of drug-likeness (QED) is 0.610. The average molecular weight is 266 g/mol. The monoisotopic (exact) mass is 266 g/mol. The Morgan fingerprint density at radius 1 is 1.47 bits per heavy atom. The molecule has 0 fully saturated rings. The molecule has 6 heteroatoms. The fourth-order valence-corrected chi connectivity index (χ4v) is 1.80. The first-order chi connectivity index (χ1) is 8.81. The number of nitro benzene ring substituents is 1. The fourth-order valence-electron chi connectivity index (χ4n) is 1.80. The van der Waals surface area contributed by atoms with Gasteiger partial charge in [0.2, 0.25) is 0 Å². The number of benzene rings is 1. The number of hydrogen-bond donors (Lipinski definition) is 2. The van der Waals surface area contributed by atoms with E-state index in [0.717, 1.165) is 5.56 Å². The van der Waals surface area contributed by atoms with Crippen molar-refractivity contribution in [1.82, 2.24) is 0 Å². The highest BCUT2D eigenvalue weighted by atomic mass is 16.6. The van der Waals surface area contributed by atoms with Crippen LogP contribution in [0.25, 0.3) is 0 Å². The molecule has 104 valence electrons. The SMILES string of the molecule is Cc1ccc(N[C@H](CC(C)C)C(=O)O)c([N+](=O)[O-])c1. The van der Waals surface area contributed by atoms with E-state index in [1.807, 2.05) is 13.8 Å². The summed E-state index contributed by atoms with van der Waals surface area (Å²) in [6.45, 7) is 5.56. The molecule has 0 unspecified atom stereocenters. The number of carbonyl (C=O) groups is 1. The Labute approximate surface area is 111 Å². The zero-order chi connectivity index (χ0) is 14.6. The van der Waals surface area contributed by atoms with Gasteiger partial charge in [0.15, 0.2) is 0 Å². The van der Waals surface area contributed by atoms with E-state index in [1.165, 1.54) is 6.07 Å². The van der Waals surface area contributed by atoms with E-state index >= 15 is 0 Å². The number of carboxylic acid groups (broad SMARTS) is 1. The predicted molar refractivity (Wildman–Crippen MR) is 72.3 cm³/mol. The van der Waals surface area contributed by atoms with Crippen LogP contribution in [0.1, 0.15) is 25.8 Å². The molecular weight excluding hydrogens is 248 g/mol. The number of hydrogen-bond acceptors (Lipinski definition) is 4. The molecule has 2 N–H and O–H groups in total. The summed E-state index contributed by atoms with van der Waals surface area (Å²) in [4.78, 5) is 21.6. The van der Waals surface area contributed by atoms with Crippen LogP contribution in [-0.2, 0) is 4.79 Å². The largest absolute Gasteiger partial charge is 0.480 e. The van der Waals surface area contributed by atoms with Crippen LogP contribution in [0.3, 0.4) is 0 Å². The minimum atomic E-state index is -1.01. The van der Waals surface area contributed by atoms with Gasteiger partial charge in [0.25, 0.3) is 5.69 Å². The van der Waals surface area contributed by atoms with Gasteiger partial charge in [-0.3, -0.25) is 10.1 Å². The second-order valence-corrected chi connectivity index (χ2v) is 4.94. The van der Waals surface area contributed by atoms with Gasteiger partial charge >= 0.3 is 5.97 Å². The number of nitrogens with zero attached hydrogens (tertiary/aromatic N) is 1. The number of nitrogens with one attached hydrogen (secondary N) is 1. The number of rotatable bonds is 6. The third-order valence-corrected chi connectivity index (χ3v) is 2.68. The Hall–Kier alpha value is -2.11. The van der Waals surface area contributed by atoms with E-state index in [1.54, 1.807) is 19.1 Å². The van der Waals surface area contributed by atoms with Crippen LogP contribution in [0.4, 0.5) is 11.4 Å². The maximum Gasteiger partial charge on any atom is 0.326 e. The number of nitro groups is 1. The van der Waals surface area contributed by atoms with Gasteiger partial charge in [0.05, 0.1) is 4.92 Å². The van der Waals surface area contributed by atoms with Crippen molar-refractivity contribution < 1.29 is 14.8 Å². The summed E-state index contributed by atoms with van der Waals surface area (Å²) in [6, 6.07) is 3.85. The van der Waals surface area contributed by atoms with E-state index in [2.05, 4.69) is 5.32 Å². The van der Waals surface area contributed by atoms with Crippen LogP contribution in [0.2, 0.25) is 0 Å². The molecule has 0 spiro atoms. The summed E-state index contributed by atoms with van der Waals surface area (Å²) in [5.74, 6) is -0.832. The first kappa shape index (κ1) is 14.9. The topological polar surface area (TPSA) is 92.5 Å². The Balaban J connectivity index is 3.02. The van der Waals surface area contributed by atoms with Crippen LogP contribution in [0.15, 0.2) is 18.2 Å². The predicted octanol–water partition coefficient (Wildman–Crippen LogP) is 2.81. The highest BCUT2D eigenvalue weighted by Gasteiger charge is 2.22. The van der Waals surface area contributed by atoms with Crippen molar-refractivity contribution in [3.05, 3.63) is 33.9 Å². The summed E-state index contributed by atoms with van der Waals surface area (Å²) in [7, 11) is 0. The van der Waals surface area contributed by atoms with Crippen molar-refractivity contribution in [2.24, 2.45) is 5.92 Å². The molecule has 0 radical (unpaired) electrons. The molecular formula is C13H18N2O4. The molecule has 1 atom stereocenters. The highest BCUT2D eigenvalue weighted by Crippen LogP contribution is 2.26. The lowest BCUT2D eigenvalue weighted by atomic mass is 10.0. The summed E-state index contributed by atoms with van der Waals surface area (Å²) in [6.07, 6.45) is 0.403. The first-order valence-electron chi connectivity index (χ1n) is 6.05. The number of anilines is 1. The minimum absolute atomic E-state index is 0.102. The fraction of sp³-hybridized carbons (Fsp3) is 0.462. The maximum atomic E-state index is 11.2. The van der Waals surface area contributed by atoms with Crippen LogP contribution >= 0.6 is 0 Å². The summed E-state index contributed by atoms with van der Waals surface area (Å²) < 4.78 is 0. The van der Waals surface area contributed by atoms with Crippen molar-refractivity contribution in [1.29, 1.82) is 0 Å². The first-order valence-corrected chi connectivity index (χ1v) is 6.05. The Bertz CT molecular complexity index is 486. The summed E-state index contributed by atoms with van der Waals surface area (Å²) in [5, 5.41) is 22.8. The molecule has 0 aliphatic heterocycles. The van der Waals surface area contributed by atoms with E-state index in [4.69, 9.17) is 5.11 Å². The van der Waals surface area contributed by atoms with Gasteiger partial charge in [-0.25, -0.2) is 4.79 Å². The molecule has 1 rings (SSSR count). The van der Waals surface area contributed by atoms with Gasteiger partial charge in [0, 0.05) is 6.07 Å². The van der Waals surface area contributed by atoms with Crippen LogP contribution in [0, 0.1) is 23.0 Å². The van der Waals surface area contributed by atoms with Crippen LogP contribution in [0.5, 0.6) is 0 Å². The second kappa shape index (κ2) is 6.17. The Kier molecular flexibility index (Phi) is 4.86. The minimum Gasteiger partial charge on any atom is -0.480 e. The van der Waals surface area contributed by atoms with Crippen molar-refractivity contribution in [3.63, 3.8) is 0 Å². The maximum absolute atomic E-state index is 11.2. The smallest absolute Gasteiger partial charge is 0.326 e. The molecule has 6 nitrogen and oxygen atoms in total.